The minimum absolute atomic E-state index is 0.0262. The van der Waals surface area contributed by atoms with Gasteiger partial charge in [0.1, 0.15) is 0 Å². The molecular weight excluding hydrogens is 388 g/mol. The maximum atomic E-state index is 12.3. The number of ether oxygens (including phenoxy) is 2. The van der Waals surface area contributed by atoms with Crippen LogP contribution in [0.2, 0.25) is 0 Å². The van der Waals surface area contributed by atoms with Crippen LogP contribution in [0, 0.1) is 11.8 Å². The molecule has 182 valence electrons. The highest BCUT2D eigenvalue weighted by molar-refractivity contribution is 5.75. The predicted octanol–water partition coefficient (Wildman–Crippen LogP) is 7.77. The Morgan fingerprint density at radius 3 is 1.13 bits per heavy atom. The second kappa shape index (κ2) is 19.6. The van der Waals surface area contributed by atoms with Crippen LogP contribution in [-0.4, -0.2) is 25.2 Å². The molecule has 0 aromatic carbocycles. The molecule has 0 heterocycles. The smallest absolute Gasteiger partial charge is 0.308 e. The van der Waals surface area contributed by atoms with Gasteiger partial charge in [0.05, 0.1) is 25.0 Å². The molecule has 1 aliphatic rings. The molecule has 0 N–H and O–H groups in total. The number of rotatable bonds is 19. The third-order valence-electron chi connectivity index (χ3n) is 6.63. The summed E-state index contributed by atoms with van der Waals surface area (Å²) in [5, 5.41) is 0. The molecule has 1 fully saturated rings. The Labute approximate surface area is 192 Å². The minimum Gasteiger partial charge on any atom is -0.465 e. The van der Waals surface area contributed by atoms with Crippen molar-refractivity contribution in [2.75, 3.05) is 13.2 Å². The fourth-order valence-electron chi connectivity index (χ4n) is 4.44. The molecule has 0 aromatic heterocycles. The van der Waals surface area contributed by atoms with Crippen LogP contribution in [0.1, 0.15) is 136 Å². The highest BCUT2D eigenvalue weighted by atomic mass is 16.5. The van der Waals surface area contributed by atoms with Gasteiger partial charge in [0.25, 0.3) is 0 Å². The molecule has 0 unspecified atom stereocenters. The van der Waals surface area contributed by atoms with Gasteiger partial charge in [-0.15, -0.1) is 0 Å². The first-order valence-corrected chi connectivity index (χ1v) is 13.5. The number of hydrogen-bond acceptors (Lipinski definition) is 4. The van der Waals surface area contributed by atoms with Gasteiger partial charge in [-0.1, -0.05) is 97.3 Å². The van der Waals surface area contributed by atoms with Crippen LogP contribution in [-0.2, 0) is 19.1 Å². The lowest BCUT2D eigenvalue weighted by Gasteiger charge is -2.26. The Morgan fingerprint density at radius 1 is 0.516 bits per heavy atom. The first kappa shape index (κ1) is 28.0. The van der Waals surface area contributed by atoms with E-state index in [-0.39, 0.29) is 23.8 Å². The van der Waals surface area contributed by atoms with E-state index in [1.54, 1.807) is 0 Å². The molecule has 1 rings (SSSR count). The van der Waals surface area contributed by atoms with Gasteiger partial charge >= 0.3 is 11.9 Å². The minimum atomic E-state index is -0.0623. The summed E-state index contributed by atoms with van der Waals surface area (Å²) < 4.78 is 11.0. The SMILES string of the molecule is CCCCCCCCCCCCOC(=O)C1CCC(C(=O)OCCCCCCC)CC1. The zero-order valence-corrected chi connectivity index (χ0v) is 20.6. The molecule has 0 radical (unpaired) electrons. The first-order chi connectivity index (χ1) is 15.2. The van der Waals surface area contributed by atoms with Gasteiger partial charge in [-0.2, -0.15) is 0 Å². The lowest BCUT2D eigenvalue weighted by molar-refractivity contribution is -0.155. The highest BCUT2D eigenvalue weighted by Crippen LogP contribution is 2.30. The summed E-state index contributed by atoms with van der Waals surface area (Å²) >= 11 is 0. The van der Waals surface area contributed by atoms with Crippen LogP contribution in [0.4, 0.5) is 0 Å². The van der Waals surface area contributed by atoms with Crippen molar-refractivity contribution in [2.24, 2.45) is 11.8 Å². The van der Waals surface area contributed by atoms with E-state index in [1.807, 2.05) is 0 Å². The third-order valence-corrected chi connectivity index (χ3v) is 6.63. The molecule has 1 saturated carbocycles. The second-order valence-electron chi connectivity index (χ2n) is 9.48. The van der Waals surface area contributed by atoms with Crippen molar-refractivity contribution in [1.82, 2.24) is 0 Å². The summed E-state index contributed by atoms with van der Waals surface area (Å²) in [6, 6.07) is 0. The normalized spacial score (nSPS) is 18.6. The lowest BCUT2D eigenvalue weighted by atomic mass is 9.82. The molecular formula is C27H50O4. The Balaban J connectivity index is 1.97. The maximum absolute atomic E-state index is 12.3. The molecule has 0 aliphatic heterocycles. The topological polar surface area (TPSA) is 52.6 Å². The quantitative estimate of drug-likeness (QED) is 0.153. The summed E-state index contributed by atoms with van der Waals surface area (Å²) in [6.45, 7) is 5.55. The summed E-state index contributed by atoms with van der Waals surface area (Å²) in [6.07, 6.45) is 21.7. The number of esters is 2. The number of hydrogen-bond donors (Lipinski definition) is 0. The molecule has 4 heteroatoms. The van der Waals surface area contributed by atoms with Crippen LogP contribution in [0.3, 0.4) is 0 Å². The molecule has 1 aliphatic carbocycles. The van der Waals surface area contributed by atoms with E-state index in [0.29, 0.717) is 13.2 Å². The van der Waals surface area contributed by atoms with E-state index >= 15 is 0 Å². The average molecular weight is 439 g/mol. The first-order valence-electron chi connectivity index (χ1n) is 13.5. The van der Waals surface area contributed by atoms with Gasteiger partial charge in [-0.05, 0) is 38.5 Å². The summed E-state index contributed by atoms with van der Waals surface area (Å²) in [4.78, 5) is 24.5. The predicted molar refractivity (Wildman–Crippen MR) is 128 cm³/mol. The Morgan fingerprint density at radius 2 is 0.806 bits per heavy atom. The molecule has 0 spiro atoms. The van der Waals surface area contributed by atoms with Crippen LogP contribution in [0.25, 0.3) is 0 Å². The Kier molecular flexibility index (Phi) is 17.7. The number of carbonyl (C=O) groups is 2. The van der Waals surface area contributed by atoms with Crippen molar-refractivity contribution < 1.29 is 19.1 Å². The van der Waals surface area contributed by atoms with Gasteiger partial charge in [-0.3, -0.25) is 9.59 Å². The summed E-state index contributed by atoms with van der Waals surface area (Å²) in [5.74, 6) is -0.172. The van der Waals surface area contributed by atoms with Crippen LogP contribution < -0.4 is 0 Å². The lowest BCUT2D eigenvalue weighted by Crippen LogP contribution is -2.28. The van der Waals surface area contributed by atoms with Crippen LogP contribution >= 0.6 is 0 Å². The standard InChI is InChI=1S/C27H50O4/c1-3-5-7-9-10-11-12-13-15-17-23-31-27(29)25-20-18-24(19-21-25)26(28)30-22-16-14-8-6-4-2/h24-25H,3-23H2,1-2H3. The summed E-state index contributed by atoms with van der Waals surface area (Å²) in [7, 11) is 0. The Bertz CT molecular complexity index is 441. The maximum Gasteiger partial charge on any atom is 0.308 e. The molecule has 0 amide bonds. The van der Waals surface area contributed by atoms with Crippen molar-refractivity contribution in [1.29, 1.82) is 0 Å². The number of unbranched alkanes of at least 4 members (excludes halogenated alkanes) is 13. The number of carbonyl (C=O) groups excluding carboxylic acids is 2. The van der Waals surface area contributed by atoms with Crippen molar-refractivity contribution in [3.05, 3.63) is 0 Å². The molecule has 0 aromatic rings. The van der Waals surface area contributed by atoms with E-state index in [0.717, 1.165) is 51.4 Å². The van der Waals surface area contributed by atoms with Gasteiger partial charge in [0.2, 0.25) is 0 Å². The molecule has 4 nitrogen and oxygen atoms in total. The van der Waals surface area contributed by atoms with Gasteiger partial charge in [0, 0.05) is 0 Å². The van der Waals surface area contributed by atoms with Crippen LogP contribution in [0.5, 0.6) is 0 Å². The highest BCUT2D eigenvalue weighted by Gasteiger charge is 2.31. The molecule has 0 atom stereocenters. The van der Waals surface area contributed by atoms with E-state index in [9.17, 15) is 9.59 Å². The van der Waals surface area contributed by atoms with Crippen molar-refractivity contribution in [2.45, 2.75) is 136 Å². The summed E-state index contributed by atoms with van der Waals surface area (Å²) in [5.41, 5.74) is 0. The van der Waals surface area contributed by atoms with Crippen molar-refractivity contribution in [3.63, 3.8) is 0 Å². The van der Waals surface area contributed by atoms with E-state index in [4.69, 9.17) is 9.47 Å². The fourth-order valence-corrected chi connectivity index (χ4v) is 4.44. The molecule has 0 saturated heterocycles. The largest absolute Gasteiger partial charge is 0.465 e. The van der Waals surface area contributed by atoms with E-state index in [2.05, 4.69) is 13.8 Å². The monoisotopic (exact) mass is 438 g/mol. The second-order valence-corrected chi connectivity index (χ2v) is 9.48. The zero-order chi connectivity index (χ0) is 22.6. The zero-order valence-electron chi connectivity index (χ0n) is 20.6. The van der Waals surface area contributed by atoms with Crippen molar-refractivity contribution >= 4 is 11.9 Å². The van der Waals surface area contributed by atoms with Gasteiger partial charge in [0.15, 0.2) is 0 Å². The van der Waals surface area contributed by atoms with E-state index < -0.39 is 0 Å². The fraction of sp³-hybridized carbons (Fsp3) is 0.926. The van der Waals surface area contributed by atoms with Gasteiger partial charge < -0.3 is 9.47 Å². The third kappa shape index (κ3) is 14.6. The van der Waals surface area contributed by atoms with Gasteiger partial charge in [-0.25, -0.2) is 0 Å². The Hall–Kier alpha value is -1.06. The average Bonchev–Trinajstić information content (AvgIpc) is 2.79. The van der Waals surface area contributed by atoms with Crippen LogP contribution in [0.15, 0.2) is 0 Å². The van der Waals surface area contributed by atoms with Crippen molar-refractivity contribution in [3.8, 4) is 0 Å². The molecule has 0 bridgehead atoms. The van der Waals surface area contributed by atoms with E-state index in [1.165, 1.54) is 70.6 Å². The molecule has 31 heavy (non-hydrogen) atoms.